The van der Waals surface area contributed by atoms with Crippen LogP contribution in [0.15, 0.2) is 42.0 Å². The molecule has 0 saturated carbocycles. The van der Waals surface area contributed by atoms with Crippen LogP contribution in [0.1, 0.15) is 19.4 Å². The molecule has 1 aliphatic heterocycles. The number of hydrogen-bond acceptors (Lipinski definition) is 2. The SMILES string of the molecule is CC1=CC(=O)OC1(C)c1ccccc1. The lowest BCUT2D eigenvalue weighted by Gasteiger charge is -2.25. The summed E-state index contributed by atoms with van der Waals surface area (Å²) in [6.07, 6.45) is 1.55. The van der Waals surface area contributed by atoms with Gasteiger partial charge in [-0.05, 0) is 25.0 Å². The normalized spacial score (nSPS) is 25.9. The van der Waals surface area contributed by atoms with Crippen LogP contribution in [0.25, 0.3) is 0 Å². The van der Waals surface area contributed by atoms with Gasteiger partial charge in [0.15, 0.2) is 5.60 Å². The quantitative estimate of drug-likeness (QED) is 0.632. The zero-order valence-corrected chi connectivity index (χ0v) is 8.28. The Kier molecular flexibility index (Phi) is 1.92. The molecular weight excluding hydrogens is 176 g/mol. The van der Waals surface area contributed by atoms with Crippen molar-refractivity contribution in [1.82, 2.24) is 0 Å². The lowest BCUT2D eigenvalue weighted by Crippen LogP contribution is -2.24. The molecule has 0 aliphatic carbocycles. The second-order valence-electron chi connectivity index (χ2n) is 3.65. The number of carbonyl (C=O) groups excluding carboxylic acids is 1. The van der Waals surface area contributed by atoms with Gasteiger partial charge in [0.2, 0.25) is 0 Å². The van der Waals surface area contributed by atoms with Crippen molar-refractivity contribution in [3.63, 3.8) is 0 Å². The molecule has 0 spiro atoms. The first-order valence-corrected chi connectivity index (χ1v) is 4.60. The summed E-state index contributed by atoms with van der Waals surface area (Å²) < 4.78 is 5.32. The van der Waals surface area contributed by atoms with E-state index < -0.39 is 5.60 Å². The summed E-state index contributed by atoms with van der Waals surface area (Å²) in [5.74, 6) is -0.256. The van der Waals surface area contributed by atoms with E-state index in [2.05, 4.69) is 0 Å². The molecule has 0 radical (unpaired) electrons. The van der Waals surface area contributed by atoms with E-state index in [9.17, 15) is 4.79 Å². The van der Waals surface area contributed by atoms with Crippen molar-refractivity contribution in [2.24, 2.45) is 0 Å². The molecule has 1 atom stereocenters. The summed E-state index contributed by atoms with van der Waals surface area (Å²) in [6.45, 7) is 3.83. The zero-order valence-electron chi connectivity index (χ0n) is 8.28. The molecule has 72 valence electrons. The van der Waals surface area contributed by atoms with Gasteiger partial charge < -0.3 is 4.74 Å². The first-order chi connectivity index (χ1) is 6.63. The standard InChI is InChI=1S/C12H12O2/c1-9-8-11(13)14-12(9,2)10-6-4-3-5-7-10/h3-8H,1-2H3. The minimum Gasteiger partial charge on any atom is -0.447 e. The molecule has 14 heavy (non-hydrogen) atoms. The first kappa shape index (κ1) is 9.00. The van der Waals surface area contributed by atoms with Crippen LogP contribution in [-0.4, -0.2) is 5.97 Å². The lowest BCUT2D eigenvalue weighted by molar-refractivity contribution is -0.145. The molecule has 0 bridgehead atoms. The summed E-state index contributed by atoms with van der Waals surface area (Å²) in [5, 5.41) is 0. The minimum atomic E-state index is -0.571. The number of ether oxygens (including phenoxy) is 1. The Bertz CT molecular complexity index is 392. The van der Waals surface area contributed by atoms with E-state index in [-0.39, 0.29) is 5.97 Å². The lowest BCUT2D eigenvalue weighted by atomic mass is 9.90. The molecule has 1 aromatic rings. The average molecular weight is 188 g/mol. The molecule has 2 nitrogen and oxygen atoms in total. The van der Waals surface area contributed by atoms with Gasteiger partial charge in [-0.3, -0.25) is 0 Å². The summed E-state index contributed by atoms with van der Waals surface area (Å²) in [4.78, 5) is 11.1. The van der Waals surface area contributed by atoms with E-state index in [0.717, 1.165) is 11.1 Å². The fraction of sp³-hybridized carbons (Fsp3) is 0.250. The number of cyclic esters (lactones) is 1. The van der Waals surface area contributed by atoms with E-state index in [1.54, 1.807) is 6.08 Å². The van der Waals surface area contributed by atoms with E-state index in [4.69, 9.17) is 4.74 Å². The molecule has 1 heterocycles. The highest BCUT2D eigenvalue weighted by molar-refractivity contribution is 5.86. The van der Waals surface area contributed by atoms with Crippen LogP contribution in [0.3, 0.4) is 0 Å². The highest BCUT2D eigenvalue weighted by atomic mass is 16.6. The van der Waals surface area contributed by atoms with Crippen LogP contribution in [0.5, 0.6) is 0 Å². The van der Waals surface area contributed by atoms with Gasteiger partial charge in [-0.1, -0.05) is 30.3 Å². The third-order valence-electron chi connectivity index (χ3n) is 2.72. The van der Waals surface area contributed by atoms with E-state index >= 15 is 0 Å². The third kappa shape index (κ3) is 1.23. The fourth-order valence-electron chi connectivity index (χ4n) is 1.67. The molecule has 0 saturated heterocycles. The third-order valence-corrected chi connectivity index (χ3v) is 2.72. The van der Waals surface area contributed by atoms with Crippen molar-refractivity contribution in [2.45, 2.75) is 19.4 Å². The molecule has 2 heteroatoms. The van der Waals surface area contributed by atoms with Gasteiger partial charge in [0, 0.05) is 6.08 Å². The minimum absolute atomic E-state index is 0.256. The van der Waals surface area contributed by atoms with Crippen molar-refractivity contribution < 1.29 is 9.53 Å². The molecule has 0 N–H and O–H groups in total. The Morgan fingerprint density at radius 2 is 1.86 bits per heavy atom. The average Bonchev–Trinajstić information content (AvgIpc) is 2.43. The predicted octanol–water partition coefficient (Wildman–Crippen LogP) is 2.40. The Labute approximate surface area is 83.2 Å². The highest BCUT2D eigenvalue weighted by Gasteiger charge is 2.37. The van der Waals surface area contributed by atoms with Crippen LogP contribution in [0.4, 0.5) is 0 Å². The van der Waals surface area contributed by atoms with Gasteiger partial charge >= 0.3 is 5.97 Å². The Hall–Kier alpha value is -1.57. The number of hydrogen-bond donors (Lipinski definition) is 0. The Morgan fingerprint density at radius 1 is 1.21 bits per heavy atom. The number of esters is 1. The molecule has 2 rings (SSSR count). The molecule has 1 unspecified atom stereocenters. The summed E-state index contributed by atoms with van der Waals surface area (Å²) in [5.41, 5.74) is 1.39. The van der Waals surface area contributed by atoms with Crippen molar-refractivity contribution >= 4 is 5.97 Å². The van der Waals surface area contributed by atoms with Crippen molar-refractivity contribution in [3.05, 3.63) is 47.5 Å². The summed E-state index contributed by atoms with van der Waals surface area (Å²) in [6, 6.07) is 9.77. The molecule has 1 aliphatic rings. The van der Waals surface area contributed by atoms with Crippen LogP contribution in [0.2, 0.25) is 0 Å². The van der Waals surface area contributed by atoms with Crippen molar-refractivity contribution in [2.75, 3.05) is 0 Å². The summed E-state index contributed by atoms with van der Waals surface area (Å²) >= 11 is 0. The van der Waals surface area contributed by atoms with Gasteiger partial charge in [-0.2, -0.15) is 0 Å². The van der Waals surface area contributed by atoms with Crippen molar-refractivity contribution in [3.8, 4) is 0 Å². The van der Waals surface area contributed by atoms with Crippen molar-refractivity contribution in [1.29, 1.82) is 0 Å². The second kappa shape index (κ2) is 2.98. The maximum absolute atomic E-state index is 11.1. The van der Waals surface area contributed by atoms with Gasteiger partial charge in [-0.25, -0.2) is 4.79 Å². The number of rotatable bonds is 1. The maximum Gasteiger partial charge on any atom is 0.332 e. The Morgan fingerprint density at radius 3 is 2.36 bits per heavy atom. The van der Waals surface area contributed by atoms with Gasteiger partial charge in [0.05, 0.1) is 0 Å². The van der Waals surface area contributed by atoms with Crippen LogP contribution in [-0.2, 0) is 15.1 Å². The van der Waals surface area contributed by atoms with Gasteiger partial charge in [0.25, 0.3) is 0 Å². The van der Waals surface area contributed by atoms with E-state index in [0.29, 0.717) is 0 Å². The van der Waals surface area contributed by atoms with Crippen LogP contribution >= 0.6 is 0 Å². The first-order valence-electron chi connectivity index (χ1n) is 4.60. The van der Waals surface area contributed by atoms with Gasteiger partial charge in [-0.15, -0.1) is 0 Å². The smallest absolute Gasteiger partial charge is 0.332 e. The summed E-state index contributed by atoms with van der Waals surface area (Å²) in [7, 11) is 0. The predicted molar refractivity (Wildman–Crippen MR) is 53.6 cm³/mol. The topological polar surface area (TPSA) is 26.3 Å². The molecule has 0 amide bonds. The highest BCUT2D eigenvalue weighted by Crippen LogP contribution is 2.37. The molecule has 1 aromatic carbocycles. The van der Waals surface area contributed by atoms with Crippen LogP contribution in [0, 0.1) is 0 Å². The largest absolute Gasteiger partial charge is 0.447 e. The fourth-order valence-corrected chi connectivity index (χ4v) is 1.67. The van der Waals surface area contributed by atoms with E-state index in [1.807, 2.05) is 44.2 Å². The number of benzene rings is 1. The monoisotopic (exact) mass is 188 g/mol. The van der Waals surface area contributed by atoms with Gasteiger partial charge in [0.1, 0.15) is 0 Å². The van der Waals surface area contributed by atoms with E-state index in [1.165, 1.54) is 0 Å². The Balaban J connectivity index is 2.45. The van der Waals surface area contributed by atoms with Crippen LogP contribution < -0.4 is 0 Å². The zero-order chi connectivity index (χ0) is 10.2. The molecule has 0 fully saturated rings. The molecular formula is C12H12O2. The molecule has 0 aromatic heterocycles. The maximum atomic E-state index is 11.1. The second-order valence-corrected chi connectivity index (χ2v) is 3.65. The number of carbonyl (C=O) groups is 1.